The van der Waals surface area contributed by atoms with E-state index in [0.717, 1.165) is 28.4 Å². The summed E-state index contributed by atoms with van der Waals surface area (Å²) in [7, 11) is -3.67. The Kier molecular flexibility index (Phi) is 5.77. The molecule has 3 aromatic rings. The van der Waals surface area contributed by atoms with Crippen LogP contribution in [0.1, 0.15) is 10.5 Å². The fourth-order valence-corrected chi connectivity index (χ4v) is 6.04. The normalized spacial score (nSPS) is 14.8. The van der Waals surface area contributed by atoms with Crippen LogP contribution >= 0.6 is 34.3 Å². The number of thiophene rings is 1. The van der Waals surface area contributed by atoms with Crippen molar-refractivity contribution in [2.45, 2.75) is 4.21 Å². The second kappa shape index (κ2) is 8.31. The van der Waals surface area contributed by atoms with E-state index in [9.17, 15) is 13.2 Å². The lowest BCUT2D eigenvalue weighted by atomic mass is 10.2. The predicted octanol–water partition coefficient (Wildman–Crippen LogP) is 3.62. The van der Waals surface area contributed by atoms with Gasteiger partial charge in [0.1, 0.15) is 9.90 Å². The lowest BCUT2D eigenvalue weighted by molar-refractivity contribution is 0.0742. The van der Waals surface area contributed by atoms with E-state index in [4.69, 9.17) is 11.6 Å². The number of anilines is 2. The molecule has 1 aliphatic heterocycles. The van der Waals surface area contributed by atoms with Gasteiger partial charge in [0.05, 0.1) is 0 Å². The molecule has 7 nitrogen and oxygen atoms in total. The van der Waals surface area contributed by atoms with E-state index in [1.807, 2.05) is 24.3 Å². The van der Waals surface area contributed by atoms with Gasteiger partial charge in [-0.3, -0.25) is 9.52 Å². The van der Waals surface area contributed by atoms with Crippen LogP contribution in [-0.4, -0.2) is 50.4 Å². The number of benzene rings is 1. The summed E-state index contributed by atoms with van der Waals surface area (Å²) >= 11 is 8.16. The molecule has 0 radical (unpaired) electrons. The Balaban J connectivity index is 1.38. The summed E-state index contributed by atoms with van der Waals surface area (Å²) in [5, 5.41) is 4.15. The number of thiazole rings is 1. The molecule has 0 atom stereocenters. The van der Waals surface area contributed by atoms with Crippen molar-refractivity contribution in [1.29, 1.82) is 0 Å². The lowest BCUT2D eigenvalue weighted by Crippen LogP contribution is -2.48. The standard InChI is InChI=1S/C18H17ClN4O3S3/c19-13-3-5-14(6-4-13)22-7-9-23(10-8-22)17(24)15-12-28-18(20-15)21-29(25,26)16-2-1-11-27-16/h1-6,11-12H,7-10H2,(H,20,21). The quantitative estimate of drug-likeness (QED) is 0.618. The van der Waals surface area contributed by atoms with Crippen molar-refractivity contribution in [3.63, 3.8) is 0 Å². The van der Waals surface area contributed by atoms with E-state index in [1.54, 1.807) is 21.7 Å². The van der Waals surface area contributed by atoms with Crippen molar-refractivity contribution in [2.24, 2.45) is 0 Å². The maximum atomic E-state index is 12.8. The number of piperazine rings is 1. The van der Waals surface area contributed by atoms with Gasteiger partial charge in [-0.15, -0.1) is 22.7 Å². The molecule has 3 heterocycles. The average molecular weight is 469 g/mol. The highest BCUT2D eigenvalue weighted by Crippen LogP contribution is 2.24. The molecule has 11 heteroatoms. The van der Waals surface area contributed by atoms with Gasteiger partial charge in [0, 0.05) is 42.3 Å². The van der Waals surface area contributed by atoms with E-state index in [0.29, 0.717) is 31.2 Å². The van der Waals surface area contributed by atoms with Gasteiger partial charge in [0.25, 0.3) is 15.9 Å². The van der Waals surface area contributed by atoms with Gasteiger partial charge in [0.15, 0.2) is 5.13 Å². The number of rotatable bonds is 5. The van der Waals surface area contributed by atoms with Gasteiger partial charge in [-0.05, 0) is 35.7 Å². The van der Waals surface area contributed by atoms with Crippen molar-refractivity contribution in [1.82, 2.24) is 9.88 Å². The van der Waals surface area contributed by atoms with Crippen LogP contribution in [0.3, 0.4) is 0 Å². The number of hydrogen-bond acceptors (Lipinski definition) is 7. The SMILES string of the molecule is O=C(c1csc(NS(=O)(=O)c2cccs2)n1)N1CCN(c2ccc(Cl)cc2)CC1. The molecule has 1 fully saturated rings. The highest BCUT2D eigenvalue weighted by atomic mass is 35.5. The van der Waals surface area contributed by atoms with Gasteiger partial charge in [0.2, 0.25) is 0 Å². The number of amides is 1. The third-order valence-corrected chi connectivity index (χ3v) is 8.34. The Labute approximate surface area is 181 Å². The van der Waals surface area contributed by atoms with E-state index in [1.165, 1.54) is 6.07 Å². The molecule has 0 spiro atoms. The molecule has 1 saturated heterocycles. The number of hydrogen-bond donors (Lipinski definition) is 1. The van der Waals surface area contributed by atoms with Crippen LogP contribution in [-0.2, 0) is 10.0 Å². The Bertz CT molecular complexity index is 1090. The van der Waals surface area contributed by atoms with E-state index in [-0.39, 0.29) is 20.9 Å². The molecule has 2 aromatic heterocycles. The van der Waals surface area contributed by atoms with E-state index in [2.05, 4.69) is 14.6 Å². The first-order valence-corrected chi connectivity index (χ1v) is 12.4. The van der Waals surface area contributed by atoms with Crippen LogP contribution in [0.15, 0.2) is 51.4 Å². The number of halogens is 1. The Morgan fingerprint density at radius 1 is 1.07 bits per heavy atom. The van der Waals surface area contributed by atoms with E-state index >= 15 is 0 Å². The number of nitrogens with zero attached hydrogens (tertiary/aromatic N) is 3. The van der Waals surface area contributed by atoms with Crippen molar-refractivity contribution in [3.05, 3.63) is 57.9 Å². The largest absolute Gasteiger partial charge is 0.368 e. The first kappa shape index (κ1) is 20.1. The predicted molar refractivity (Wildman–Crippen MR) is 117 cm³/mol. The third-order valence-electron chi connectivity index (χ3n) is 4.46. The first-order valence-electron chi connectivity index (χ1n) is 8.74. The maximum Gasteiger partial charge on any atom is 0.273 e. The van der Waals surface area contributed by atoms with Gasteiger partial charge in [-0.25, -0.2) is 13.4 Å². The minimum absolute atomic E-state index is 0.182. The molecule has 0 unspecified atom stereocenters. The Morgan fingerprint density at radius 3 is 2.45 bits per heavy atom. The zero-order valence-electron chi connectivity index (χ0n) is 15.1. The summed E-state index contributed by atoms with van der Waals surface area (Å²) in [6.45, 7) is 2.54. The smallest absolute Gasteiger partial charge is 0.273 e. The monoisotopic (exact) mass is 468 g/mol. The second-order valence-corrected chi connectivity index (χ2v) is 10.5. The zero-order chi connectivity index (χ0) is 20.4. The second-order valence-electron chi connectivity index (χ2n) is 6.33. The number of sulfonamides is 1. The number of aromatic nitrogens is 1. The van der Waals surface area contributed by atoms with Crippen LogP contribution in [0.25, 0.3) is 0 Å². The van der Waals surface area contributed by atoms with Gasteiger partial charge in [-0.2, -0.15) is 0 Å². The van der Waals surface area contributed by atoms with Crippen LogP contribution in [0.5, 0.6) is 0 Å². The summed E-state index contributed by atoms with van der Waals surface area (Å²) < 4.78 is 27.2. The van der Waals surface area contributed by atoms with Crippen LogP contribution in [0.4, 0.5) is 10.8 Å². The molecule has 0 saturated carbocycles. The number of nitrogens with one attached hydrogen (secondary N) is 1. The molecule has 1 aromatic carbocycles. The first-order chi connectivity index (χ1) is 13.9. The van der Waals surface area contributed by atoms with Crippen molar-refractivity contribution >= 4 is 61.0 Å². The summed E-state index contributed by atoms with van der Waals surface area (Å²) in [6, 6.07) is 10.8. The lowest BCUT2D eigenvalue weighted by Gasteiger charge is -2.35. The molecule has 0 bridgehead atoms. The summed E-state index contributed by atoms with van der Waals surface area (Å²) in [5.74, 6) is -0.196. The van der Waals surface area contributed by atoms with Crippen LogP contribution in [0, 0.1) is 0 Å². The van der Waals surface area contributed by atoms with Gasteiger partial charge < -0.3 is 9.80 Å². The maximum absolute atomic E-state index is 12.8. The molecule has 1 amide bonds. The molecule has 4 rings (SSSR count). The van der Waals surface area contributed by atoms with Crippen molar-refractivity contribution in [2.75, 3.05) is 35.8 Å². The average Bonchev–Trinajstić information content (AvgIpc) is 3.41. The highest BCUT2D eigenvalue weighted by molar-refractivity contribution is 7.94. The minimum atomic E-state index is -3.67. The topological polar surface area (TPSA) is 82.6 Å². The highest BCUT2D eigenvalue weighted by Gasteiger charge is 2.25. The summed E-state index contributed by atoms with van der Waals surface area (Å²) in [5.41, 5.74) is 1.32. The molecule has 1 N–H and O–H groups in total. The number of carbonyl (C=O) groups is 1. The molecule has 0 aliphatic carbocycles. The van der Waals surface area contributed by atoms with Gasteiger partial charge in [-0.1, -0.05) is 17.7 Å². The van der Waals surface area contributed by atoms with Gasteiger partial charge >= 0.3 is 0 Å². The number of carbonyl (C=O) groups excluding carboxylic acids is 1. The van der Waals surface area contributed by atoms with Crippen molar-refractivity contribution < 1.29 is 13.2 Å². The van der Waals surface area contributed by atoms with Crippen LogP contribution < -0.4 is 9.62 Å². The van der Waals surface area contributed by atoms with E-state index < -0.39 is 10.0 Å². The zero-order valence-corrected chi connectivity index (χ0v) is 18.3. The minimum Gasteiger partial charge on any atom is -0.368 e. The fourth-order valence-electron chi connectivity index (χ4n) is 2.98. The summed E-state index contributed by atoms with van der Waals surface area (Å²) in [6.07, 6.45) is 0. The Hall–Kier alpha value is -2.14. The fraction of sp³-hybridized carbons (Fsp3) is 0.222. The van der Waals surface area contributed by atoms with Crippen molar-refractivity contribution in [3.8, 4) is 0 Å². The molecular formula is C18H17ClN4O3S3. The molecule has 1 aliphatic rings. The molecular weight excluding hydrogens is 452 g/mol. The summed E-state index contributed by atoms with van der Waals surface area (Å²) in [4.78, 5) is 20.9. The molecule has 29 heavy (non-hydrogen) atoms. The third kappa shape index (κ3) is 4.55. The van der Waals surface area contributed by atoms with Crippen LogP contribution in [0.2, 0.25) is 5.02 Å². The molecule has 152 valence electrons. The Morgan fingerprint density at radius 2 is 1.79 bits per heavy atom.